The predicted molar refractivity (Wildman–Crippen MR) is 69.3 cm³/mol. The summed E-state index contributed by atoms with van der Waals surface area (Å²) in [5, 5.41) is 8.46. The number of rotatable bonds is 7. The summed E-state index contributed by atoms with van der Waals surface area (Å²) in [7, 11) is 0. The molecule has 0 amide bonds. The van der Waals surface area contributed by atoms with E-state index in [-0.39, 0.29) is 11.7 Å². The lowest BCUT2D eigenvalue weighted by Gasteiger charge is -2.20. The molecule has 0 radical (unpaired) electrons. The summed E-state index contributed by atoms with van der Waals surface area (Å²) in [6, 6.07) is 0. The van der Waals surface area contributed by atoms with Crippen LogP contribution < -0.4 is 0 Å². The van der Waals surface area contributed by atoms with Gasteiger partial charge in [-0.3, -0.25) is 9.59 Å². The summed E-state index contributed by atoms with van der Waals surface area (Å²) in [4.78, 5) is 22.4. The Morgan fingerprint density at radius 1 is 1.35 bits per heavy atom. The molecular formula is C12H22O4S. The Kier molecular flexibility index (Phi) is 7.27. The van der Waals surface area contributed by atoms with Crippen molar-refractivity contribution in [2.24, 2.45) is 0 Å². The Balaban J connectivity index is 4.04. The highest BCUT2D eigenvalue weighted by Gasteiger charge is 2.21. The molecule has 0 aliphatic rings. The van der Waals surface area contributed by atoms with E-state index in [1.807, 2.05) is 6.92 Å². The number of carboxylic acid groups (broad SMARTS) is 1. The van der Waals surface area contributed by atoms with Crippen LogP contribution in [0.25, 0.3) is 0 Å². The van der Waals surface area contributed by atoms with Gasteiger partial charge in [-0.1, -0.05) is 19.8 Å². The lowest BCUT2D eigenvalue weighted by Crippen LogP contribution is -2.26. The molecule has 0 saturated heterocycles. The monoisotopic (exact) mass is 262 g/mol. The molecule has 0 bridgehead atoms. The van der Waals surface area contributed by atoms with Crippen LogP contribution in [0.3, 0.4) is 0 Å². The second-order valence-corrected chi connectivity index (χ2v) is 6.06. The van der Waals surface area contributed by atoms with Crippen LogP contribution in [0.1, 0.15) is 47.0 Å². The van der Waals surface area contributed by atoms with Crippen LogP contribution in [0, 0.1) is 0 Å². The molecule has 0 aromatic carbocycles. The highest BCUT2D eigenvalue weighted by molar-refractivity contribution is 8.01. The van der Waals surface area contributed by atoms with Gasteiger partial charge in [0, 0.05) is 0 Å². The van der Waals surface area contributed by atoms with Crippen LogP contribution in [-0.4, -0.2) is 33.6 Å². The number of unbranched alkanes of at least 4 members (excludes halogenated alkanes) is 1. The lowest BCUT2D eigenvalue weighted by molar-refractivity contribution is -0.151. The average Bonchev–Trinajstić information content (AvgIpc) is 2.14. The fourth-order valence-corrected chi connectivity index (χ4v) is 2.08. The summed E-state index contributed by atoms with van der Waals surface area (Å²) < 4.78 is 5.12. The van der Waals surface area contributed by atoms with E-state index in [2.05, 4.69) is 0 Å². The third kappa shape index (κ3) is 9.03. The van der Waals surface area contributed by atoms with Gasteiger partial charge in [0.1, 0.15) is 10.9 Å². The number of carboxylic acids is 1. The van der Waals surface area contributed by atoms with E-state index in [1.165, 1.54) is 0 Å². The van der Waals surface area contributed by atoms with Crippen LogP contribution in [0.4, 0.5) is 0 Å². The molecule has 1 atom stereocenters. The molecule has 0 spiro atoms. The molecule has 0 fully saturated rings. The zero-order valence-corrected chi connectivity index (χ0v) is 11.8. The number of hydrogen-bond acceptors (Lipinski definition) is 4. The van der Waals surface area contributed by atoms with Gasteiger partial charge in [-0.15, -0.1) is 11.8 Å². The van der Waals surface area contributed by atoms with Gasteiger partial charge in [-0.05, 0) is 27.2 Å². The minimum atomic E-state index is -0.855. The Morgan fingerprint density at radius 3 is 2.35 bits per heavy atom. The van der Waals surface area contributed by atoms with Crippen LogP contribution in [-0.2, 0) is 14.3 Å². The first-order valence-electron chi connectivity index (χ1n) is 5.82. The number of thioether (sulfide) groups is 1. The molecule has 4 nitrogen and oxygen atoms in total. The fraction of sp³-hybridized carbons (Fsp3) is 0.833. The molecule has 0 aromatic rings. The smallest absolute Gasteiger partial charge is 0.316 e. The number of carbonyl (C=O) groups excluding carboxylic acids is 1. The first-order chi connectivity index (χ1) is 7.76. The summed E-state index contributed by atoms with van der Waals surface area (Å²) >= 11 is 1.14. The van der Waals surface area contributed by atoms with Crippen molar-refractivity contribution in [3.63, 3.8) is 0 Å². The first-order valence-corrected chi connectivity index (χ1v) is 6.87. The first kappa shape index (κ1) is 16.3. The van der Waals surface area contributed by atoms with Gasteiger partial charge in [0.15, 0.2) is 0 Å². The van der Waals surface area contributed by atoms with E-state index < -0.39 is 16.8 Å². The van der Waals surface area contributed by atoms with Gasteiger partial charge in [-0.2, -0.15) is 0 Å². The number of ether oxygens (including phenoxy) is 1. The van der Waals surface area contributed by atoms with Crippen molar-refractivity contribution < 1.29 is 19.4 Å². The average molecular weight is 262 g/mol. The van der Waals surface area contributed by atoms with Crippen molar-refractivity contribution in [1.29, 1.82) is 0 Å². The molecule has 0 aliphatic carbocycles. The third-order valence-corrected chi connectivity index (χ3v) is 3.16. The molecule has 5 heteroatoms. The number of hydrogen-bond donors (Lipinski definition) is 1. The maximum atomic E-state index is 11.4. The topological polar surface area (TPSA) is 63.6 Å². The van der Waals surface area contributed by atoms with Crippen LogP contribution in [0.15, 0.2) is 0 Å². The number of esters is 1. The zero-order chi connectivity index (χ0) is 13.5. The van der Waals surface area contributed by atoms with E-state index in [0.717, 1.165) is 24.6 Å². The Morgan fingerprint density at radius 2 is 1.94 bits per heavy atom. The van der Waals surface area contributed by atoms with Crippen LogP contribution in [0.5, 0.6) is 0 Å². The fourth-order valence-electron chi connectivity index (χ4n) is 1.21. The maximum Gasteiger partial charge on any atom is 0.316 e. The van der Waals surface area contributed by atoms with Gasteiger partial charge >= 0.3 is 11.9 Å². The van der Waals surface area contributed by atoms with E-state index in [0.29, 0.717) is 6.42 Å². The van der Waals surface area contributed by atoms with E-state index in [9.17, 15) is 9.59 Å². The normalized spacial score (nSPS) is 13.2. The molecule has 0 heterocycles. The maximum absolute atomic E-state index is 11.4. The van der Waals surface area contributed by atoms with Gasteiger partial charge in [0.05, 0.1) is 5.75 Å². The largest absolute Gasteiger partial charge is 0.480 e. The van der Waals surface area contributed by atoms with Crippen molar-refractivity contribution in [2.75, 3.05) is 5.75 Å². The van der Waals surface area contributed by atoms with Crippen LogP contribution >= 0.6 is 11.8 Å². The number of carbonyl (C=O) groups is 2. The highest BCUT2D eigenvalue weighted by Crippen LogP contribution is 2.19. The van der Waals surface area contributed by atoms with Crippen molar-refractivity contribution in [1.82, 2.24) is 0 Å². The van der Waals surface area contributed by atoms with E-state index >= 15 is 0 Å². The molecule has 0 aromatic heterocycles. The molecule has 0 saturated carbocycles. The van der Waals surface area contributed by atoms with E-state index in [1.54, 1.807) is 20.8 Å². The van der Waals surface area contributed by atoms with Crippen molar-refractivity contribution in [3.8, 4) is 0 Å². The minimum absolute atomic E-state index is 0.0952. The Labute approximate surface area is 107 Å². The van der Waals surface area contributed by atoms with Gasteiger partial charge in [-0.25, -0.2) is 0 Å². The highest BCUT2D eigenvalue weighted by atomic mass is 32.2. The second-order valence-electron chi connectivity index (χ2n) is 4.87. The second kappa shape index (κ2) is 7.58. The number of aliphatic carboxylic acids is 1. The molecule has 17 heavy (non-hydrogen) atoms. The molecule has 0 rings (SSSR count). The molecular weight excluding hydrogens is 240 g/mol. The third-order valence-electron chi connectivity index (χ3n) is 1.92. The zero-order valence-electron chi connectivity index (χ0n) is 11.0. The minimum Gasteiger partial charge on any atom is -0.480 e. The predicted octanol–water partition coefficient (Wildman–Crippen LogP) is 2.70. The SMILES string of the molecule is CCCCC(SCC(=O)OC(C)(C)C)C(=O)O. The molecule has 100 valence electrons. The van der Waals surface area contributed by atoms with Gasteiger partial charge in [0.2, 0.25) is 0 Å². The summed E-state index contributed by atoms with van der Waals surface area (Å²) in [5.41, 5.74) is -0.514. The Hall–Kier alpha value is -0.710. The quantitative estimate of drug-likeness (QED) is 0.715. The molecule has 1 unspecified atom stereocenters. The summed E-state index contributed by atoms with van der Waals surface area (Å²) in [5.74, 6) is -1.12. The van der Waals surface area contributed by atoms with Crippen molar-refractivity contribution in [3.05, 3.63) is 0 Å². The Bertz CT molecular complexity index is 258. The molecule has 1 N–H and O–H groups in total. The van der Waals surface area contributed by atoms with Crippen molar-refractivity contribution >= 4 is 23.7 Å². The standard InChI is InChI=1S/C12H22O4S/c1-5-6-7-9(11(14)15)17-8-10(13)16-12(2,3)4/h9H,5-8H2,1-4H3,(H,14,15). The summed E-state index contributed by atoms with van der Waals surface area (Å²) in [6.45, 7) is 7.39. The summed E-state index contributed by atoms with van der Waals surface area (Å²) in [6.07, 6.45) is 2.41. The molecule has 0 aliphatic heterocycles. The van der Waals surface area contributed by atoms with Gasteiger partial charge in [0.25, 0.3) is 0 Å². The van der Waals surface area contributed by atoms with Crippen LogP contribution in [0.2, 0.25) is 0 Å². The van der Waals surface area contributed by atoms with Crippen molar-refractivity contribution in [2.45, 2.75) is 57.8 Å². The lowest BCUT2D eigenvalue weighted by atomic mass is 10.2. The van der Waals surface area contributed by atoms with E-state index in [4.69, 9.17) is 9.84 Å². The van der Waals surface area contributed by atoms with Gasteiger partial charge < -0.3 is 9.84 Å².